The standard InChI is InChI=1S/C18H24N6O2/c1-11-9-12(22-21-11)10-15(25)20-14-5-6-16(26)24(13-3-4-13)17(14)18-19-7-8-23(18)2/h7-9,13-14,17H,3-6,10H2,1-2H3,(H,20,25)(H,21,22)/t14-,17-/m1/s1. The quantitative estimate of drug-likeness (QED) is 0.835. The average molecular weight is 356 g/mol. The van der Waals surface area contributed by atoms with Gasteiger partial charge in [-0.3, -0.25) is 14.7 Å². The fraction of sp³-hybridized carbons (Fsp3) is 0.556. The van der Waals surface area contributed by atoms with Crippen molar-refractivity contribution in [3.63, 3.8) is 0 Å². The number of aromatic nitrogens is 4. The van der Waals surface area contributed by atoms with E-state index in [1.165, 1.54) is 0 Å². The minimum absolute atomic E-state index is 0.0780. The molecule has 138 valence electrons. The highest BCUT2D eigenvalue weighted by Crippen LogP contribution is 2.40. The van der Waals surface area contributed by atoms with Crippen molar-refractivity contribution < 1.29 is 9.59 Å². The molecular weight excluding hydrogens is 332 g/mol. The number of nitrogens with one attached hydrogen (secondary N) is 2. The molecule has 2 aromatic rings. The first kappa shape index (κ1) is 16.8. The van der Waals surface area contributed by atoms with Gasteiger partial charge in [-0.1, -0.05) is 0 Å². The third-order valence-electron chi connectivity index (χ3n) is 5.15. The highest BCUT2D eigenvalue weighted by molar-refractivity contribution is 5.81. The van der Waals surface area contributed by atoms with Crippen molar-refractivity contribution in [3.05, 3.63) is 35.7 Å². The van der Waals surface area contributed by atoms with Crippen LogP contribution >= 0.6 is 0 Å². The predicted octanol–water partition coefficient (Wildman–Crippen LogP) is 1.01. The number of rotatable bonds is 5. The molecule has 2 fully saturated rings. The van der Waals surface area contributed by atoms with Crippen LogP contribution in [0.2, 0.25) is 0 Å². The Morgan fingerprint density at radius 2 is 2.19 bits per heavy atom. The summed E-state index contributed by atoms with van der Waals surface area (Å²) in [4.78, 5) is 31.6. The first-order chi connectivity index (χ1) is 12.5. The minimum Gasteiger partial charge on any atom is -0.350 e. The number of amides is 2. The SMILES string of the molecule is Cc1cc(CC(=O)N[C@@H]2CCC(=O)N(C3CC3)[C@H]2c2nccn2C)n[nH]1. The first-order valence-electron chi connectivity index (χ1n) is 9.11. The predicted molar refractivity (Wildman–Crippen MR) is 94.0 cm³/mol. The van der Waals surface area contributed by atoms with E-state index < -0.39 is 0 Å². The van der Waals surface area contributed by atoms with Gasteiger partial charge in [0.2, 0.25) is 11.8 Å². The van der Waals surface area contributed by atoms with Gasteiger partial charge < -0.3 is 14.8 Å². The van der Waals surface area contributed by atoms with Gasteiger partial charge in [-0.05, 0) is 32.3 Å². The van der Waals surface area contributed by atoms with Gasteiger partial charge in [0.25, 0.3) is 0 Å². The number of aryl methyl sites for hydroxylation is 2. The fourth-order valence-electron chi connectivity index (χ4n) is 3.80. The largest absolute Gasteiger partial charge is 0.350 e. The van der Waals surface area contributed by atoms with E-state index in [2.05, 4.69) is 20.5 Å². The number of carbonyl (C=O) groups is 2. The molecule has 2 aromatic heterocycles. The molecule has 1 saturated carbocycles. The molecule has 2 aliphatic rings. The van der Waals surface area contributed by atoms with Gasteiger partial charge in [0.15, 0.2) is 0 Å². The smallest absolute Gasteiger partial charge is 0.226 e. The van der Waals surface area contributed by atoms with Crippen molar-refractivity contribution in [2.45, 2.75) is 57.2 Å². The lowest BCUT2D eigenvalue weighted by Crippen LogP contribution is -2.53. The number of likely N-dealkylation sites (tertiary alicyclic amines) is 1. The lowest BCUT2D eigenvalue weighted by atomic mass is 9.94. The zero-order valence-corrected chi connectivity index (χ0v) is 15.1. The third-order valence-corrected chi connectivity index (χ3v) is 5.15. The fourth-order valence-corrected chi connectivity index (χ4v) is 3.80. The molecule has 2 amide bonds. The van der Waals surface area contributed by atoms with Gasteiger partial charge in [0, 0.05) is 37.6 Å². The number of hydrogen-bond donors (Lipinski definition) is 2. The Balaban J connectivity index is 1.55. The second-order valence-electron chi connectivity index (χ2n) is 7.31. The van der Waals surface area contributed by atoms with Gasteiger partial charge in [-0.15, -0.1) is 0 Å². The van der Waals surface area contributed by atoms with E-state index in [0.717, 1.165) is 30.1 Å². The summed E-state index contributed by atoms with van der Waals surface area (Å²) in [5.74, 6) is 0.908. The van der Waals surface area contributed by atoms with Gasteiger partial charge in [-0.2, -0.15) is 5.10 Å². The second-order valence-corrected chi connectivity index (χ2v) is 7.31. The van der Waals surface area contributed by atoms with E-state index in [9.17, 15) is 9.59 Å². The zero-order chi connectivity index (χ0) is 18.3. The number of imidazole rings is 1. The number of hydrogen-bond acceptors (Lipinski definition) is 4. The number of H-pyrrole nitrogens is 1. The van der Waals surface area contributed by atoms with Crippen LogP contribution in [0, 0.1) is 6.92 Å². The van der Waals surface area contributed by atoms with E-state index >= 15 is 0 Å². The molecule has 0 radical (unpaired) electrons. The molecule has 3 heterocycles. The van der Waals surface area contributed by atoms with E-state index in [0.29, 0.717) is 12.8 Å². The molecular formula is C18H24N6O2. The molecule has 0 unspecified atom stereocenters. The molecule has 8 heteroatoms. The molecule has 0 bridgehead atoms. The Bertz CT molecular complexity index is 821. The Hall–Kier alpha value is -2.64. The second kappa shape index (κ2) is 6.59. The van der Waals surface area contributed by atoms with Crippen LogP contribution in [0.15, 0.2) is 18.5 Å². The molecule has 1 aliphatic heterocycles. The number of aromatic amines is 1. The topological polar surface area (TPSA) is 95.9 Å². The summed E-state index contributed by atoms with van der Waals surface area (Å²) in [6.07, 6.45) is 7.00. The molecule has 2 atom stereocenters. The molecule has 8 nitrogen and oxygen atoms in total. The lowest BCUT2D eigenvalue weighted by Gasteiger charge is -2.41. The van der Waals surface area contributed by atoms with Crippen LogP contribution < -0.4 is 5.32 Å². The van der Waals surface area contributed by atoms with Crippen LogP contribution in [0.25, 0.3) is 0 Å². The zero-order valence-electron chi connectivity index (χ0n) is 15.1. The number of carbonyl (C=O) groups excluding carboxylic acids is 2. The molecule has 1 aliphatic carbocycles. The maximum Gasteiger partial charge on any atom is 0.226 e. The molecule has 26 heavy (non-hydrogen) atoms. The summed E-state index contributed by atoms with van der Waals surface area (Å²) in [7, 11) is 1.93. The summed E-state index contributed by atoms with van der Waals surface area (Å²) in [6.45, 7) is 1.91. The molecule has 0 aromatic carbocycles. The molecule has 4 rings (SSSR count). The van der Waals surface area contributed by atoms with Crippen LogP contribution in [0.4, 0.5) is 0 Å². The van der Waals surface area contributed by atoms with E-state index in [1.54, 1.807) is 6.20 Å². The van der Waals surface area contributed by atoms with Crippen molar-refractivity contribution in [1.29, 1.82) is 0 Å². The van der Waals surface area contributed by atoms with Gasteiger partial charge in [0.1, 0.15) is 11.9 Å². The first-order valence-corrected chi connectivity index (χ1v) is 9.11. The maximum atomic E-state index is 12.6. The normalized spacial score (nSPS) is 23.3. The summed E-state index contributed by atoms with van der Waals surface area (Å²) in [5, 5.41) is 10.1. The minimum atomic E-state index is -0.214. The van der Waals surface area contributed by atoms with Crippen molar-refractivity contribution in [2.75, 3.05) is 0 Å². The lowest BCUT2D eigenvalue weighted by molar-refractivity contribution is -0.140. The monoisotopic (exact) mass is 356 g/mol. The van der Waals surface area contributed by atoms with Gasteiger partial charge in [-0.25, -0.2) is 4.98 Å². The summed E-state index contributed by atoms with van der Waals surface area (Å²) in [6, 6.07) is 1.80. The van der Waals surface area contributed by atoms with Crippen LogP contribution in [-0.4, -0.2) is 48.5 Å². The van der Waals surface area contributed by atoms with Crippen LogP contribution in [0.3, 0.4) is 0 Å². The Labute approximate surface area is 152 Å². The van der Waals surface area contributed by atoms with Gasteiger partial charge in [0.05, 0.1) is 18.2 Å². The Morgan fingerprint density at radius 3 is 2.81 bits per heavy atom. The summed E-state index contributed by atoms with van der Waals surface area (Å²) >= 11 is 0. The van der Waals surface area contributed by atoms with Crippen molar-refractivity contribution >= 4 is 11.8 Å². The van der Waals surface area contributed by atoms with Crippen LogP contribution in [0.5, 0.6) is 0 Å². The molecule has 0 spiro atoms. The Morgan fingerprint density at radius 1 is 1.38 bits per heavy atom. The molecule has 2 N–H and O–H groups in total. The number of nitrogens with zero attached hydrogens (tertiary/aromatic N) is 4. The van der Waals surface area contributed by atoms with Crippen LogP contribution in [0.1, 0.15) is 48.9 Å². The average Bonchev–Trinajstić information content (AvgIpc) is 3.22. The molecule has 1 saturated heterocycles. The van der Waals surface area contributed by atoms with E-state index in [-0.39, 0.29) is 36.4 Å². The van der Waals surface area contributed by atoms with E-state index in [1.807, 2.05) is 35.7 Å². The van der Waals surface area contributed by atoms with Crippen LogP contribution in [-0.2, 0) is 23.1 Å². The van der Waals surface area contributed by atoms with E-state index in [4.69, 9.17) is 0 Å². The summed E-state index contributed by atoms with van der Waals surface area (Å²) in [5.41, 5.74) is 1.65. The van der Waals surface area contributed by atoms with Crippen molar-refractivity contribution in [3.8, 4) is 0 Å². The maximum absolute atomic E-state index is 12.6. The van der Waals surface area contributed by atoms with Gasteiger partial charge >= 0.3 is 0 Å². The Kier molecular flexibility index (Phi) is 4.26. The highest BCUT2D eigenvalue weighted by atomic mass is 16.2. The van der Waals surface area contributed by atoms with Crippen molar-refractivity contribution in [1.82, 2.24) is 30.0 Å². The summed E-state index contributed by atoms with van der Waals surface area (Å²) < 4.78 is 1.94. The van der Waals surface area contributed by atoms with Crippen molar-refractivity contribution in [2.24, 2.45) is 7.05 Å². The highest BCUT2D eigenvalue weighted by Gasteiger charge is 2.46. The third kappa shape index (κ3) is 3.23. The number of piperidine rings is 1.